The van der Waals surface area contributed by atoms with Crippen molar-refractivity contribution in [3.8, 4) is 12.3 Å². The normalized spacial score (nSPS) is 25.2. The topological polar surface area (TPSA) is 15.3 Å². The minimum absolute atomic E-state index is 0.803. The van der Waals surface area contributed by atoms with Gasteiger partial charge in [-0.25, -0.2) is 0 Å². The molecule has 0 saturated carbocycles. The van der Waals surface area contributed by atoms with Crippen LogP contribution in [-0.4, -0.2) is 38.1 Å². The molecular weight excluding hydrogens is 148 g/mol. The zero-order valence-corrected chi connectivity index (χ0v) is 7.84. The van der Waals surface area contributed by atoms with E-state index in [9.17, 15) is 0 Å². The Morgan fingerprint density at radius 2 is 2.50 bits per heavy atom. The van der Waals surface area contributed by atoms with E-state index in [0.717, 1.165) is 19.0 Å². The number of rotatable bonds is 3. The summed E-state index contributed by atoms with van der Waals surface area (Å²) in [5.74, 6) is 3.51. The van der Waals surface area contributed by atoms with Crippen molar-refractivity contribution in [3.63, 3.8) is 0 Å². The first kappa shape index (κ1) is 9.57. The van der Waals surface area contributed by atoms with Crippen molar-refractivity contribution >= 4 is 0 Å². The van der Waals surface area contributed by atoms with Gasteiger partial charge in [-0.05, 0) is 38.9 Å². The molecule has 2 nitrogen and oxygen atoms in total. The highest BCUT2D eigenvalue weighted by atomic mass is 15.1. The van der Waals surface area contributed by atoms with Crippen LogP contribution in [0, 0.1) is 18.3 Å². The van der Waals surface area contributed by atoms with E-state index in [4.69, 9.17) is 6.42 Å². The number of hydrogen-bond donors (Lipinski definition) is 1. The molecule has 0 aliphatic carbocycles. The van der Waals surface area contributed by atoms with Crippen molar-refractivity contribution in [1.82, 2.24) is 10.2 Å². The molecule has 0 amide bonds. The summed E-state index contributed by atoms with van der Waals surface area (Å²) in [4.78, 5) is 2.37. The predicted octanol–water partition coefficient (Wildman–Crippen LogP) is 0.551. The third-order valence-corrected chi connectivity index (χ3v) is 2.41. The quantitative estimate of drug-likeness (QED) is 0.616. The van der Waals surface area contributed by atoms with Gasteiger partial charge in [0.2, 0.25) is 0 Å². The molecule has 0 aromatic carbocycles. The van der Waals surface area contributed by atoms with E-state index in [1.165, 1.54) is 25.9 Å². The molecule has 0 aromatic rings. The van der Waals surface area contributed by atoms with E-state index in [-0.39, 0.29) is 0 Å². The lowest BCUT2D eigenvalue weighted by Crippen LogP contribution is -2.39. The maximum atomic E-state index is 5.27. The van der Waals surface area contributed by atoms with Gasteiger partial charge < -0.3 is 5.32 Å². The first-order valence-electron chi connectivity index (χ1n) is 4.67. The van der Waals surface area contributed by atoms with Crippen LogP contribution in [0.2, 0.25) is 0 Å². The summed E-state index contributed by atoms with van der Waals surface area (Å²) in [6.07, 6.45) is 7.92. The van der Waals surface area contributed by atoms with Gasteiger partial charge in [-0.1, -0.05) is 5.92 Å². The van der Waals surface area contributed by atoms with E-state index in [1.807, 2.05) is 7.05 Å². The van der Waals surface area contributed by atoms with Crippen molar-refractivity contribution in [2.45, 2.75) is 12.8 Å². The average molecular weight is 166 g/mol. The van der Waals surface area contributed by atoms with Gasteiger partial charge >= 0.3 is 0 Å². The summed E-state index contributed by atoms with van der Waals surface area (Å²) in [5, 5.41) is 3.22. The molecule has 1 N–H and O–H groups in total. The van der Waals surface area contributed by atoms with E-state index in [0.29, 0.717) is 0 Å². The zero-order chi connectivity index (χ0) is 8.81. The fourth-order valence-electron chi connectivity index (χ4n) is 1.88. The average Bonchev–Trinajstić information content (AvgIpc) is 2.06. The van der Waals surface area contributed by atoms with E-state index < -0.39 is 0 Å². The lowest BCUT2D eigenvalue weighted by atomic mass is 9.98. The number of terminal acetylenes is 1. The van der Waals surface area contributed by atoms with Gasteiger partial charge in [0.1, 0.15) is 0 Å². The minimum atomic E-state index is 0.803. The number of piperidine rings is 1. The summed E-state index contributed by atoms with van der Waals surface area (Å²) in [6.45, 7) is 4.30. The Kier molecular flexibility index (Phi) is 4.13. The van der Waals surface area contributed by atoms with E-state index in [1.54, 1.807) is 0 Å². The largest absolute Gasteiger partial charge is 0.319 e. The molecule has 0 aromatic heterocycles. The van der Waals surface area contributed by atoms with Crippen LogP contribution in [0.25, 0.3) is 0 Å². The minimum Gasteiger partial charge on any atom is -0.319 e. The van der Waals surface area contributed by atoms with Crippen LogP contribution in [0.15, 0.2) is 0 Å². The molecule has 12 heavy (non-hydrogen) atoms. The summed E-state index contributed by atoms with van der Waals surface area (Å²) in [6, 6.07) is 0. The standard InChI is InChI=1S/C10H18N2/c1-3-6-12-7-4-5-10(9-12)8-11-2/h1,10-11H,4-9H2,2H3. The smallest absolute Gasteiger partial charge is 0.0599 e. The fourth-order valence-corrected chi connectivity index (χ4v) is 1.88. The van der Waals surface area contributed by atoms with Crippen LogP contribution in [0.4, 0.5) is 0 Å². The molecule has 1 atom stereocenters. The van der Waals surface area contributed by atoms with Gasteiger partial charge in [0.15, 0.2) is 0 Å². The molecular formula is C10H18N2. The maximum absolute atomic E-state index is 5.27. The molecule has 0 bridgehead atoms. The van der Waals surface area contributed by atoms with Gasteiger partial charge in [-0.3, -0.25) is 4.90 Å². The van der Waals surface area contributed by atoms with Crippen LogP contribution in [-0.2, 0) is 0 Å². The third-order valence-electron chi connectivity index (χ3n) is 2.41. The van der Waals surface area contributed by atoms with Crippen LogP contribution >= 0.6 is 0 Å². The van der Waals surface area contributed by atoms with Crippen molar-refractivity contribution in [2.75, 3.05) is 33.2 Å². The molecule has 1 fully saturated rings. The van der Waals surface area contributed by atoms with Gasteiger partial charge in [0, 0.05) is 6.54 Å². The van der Waals surface area contributed by atoms with E-state index in [2.05, 4.69) is 16.1 Å². The number of hydrogen-bond acceptors (Lipinski definition) is 2. The second kappa shape index (κ2) is 5.18. The predicted molar refractivity (Wildman–Crippen MR) is 51.9 cm³/mol. The lowest BCUT2D eigenvalue weighted by Gasteiger charge is -2.31. The van der Waals surface area contributed by atoms with Crippen molar-refractivity contribution < 1.29 is 0 Å². The van der Waals surface area contributed by atoms with Gasteiger partial charge in [-0.2, -0.15) is 0 Å². The van der Waals surface area contributed by atoms with Gasteiger partial charge in [-0.15, -0.1) is 6.42 Å². The van der Waals surface area contributed by atoms with Gasteiger partial charge in [0.05, 0.1) is 6.54 Å². The molecule has 0 spiro atoms. The van der Waals surface area contributed by atoms with Crippen molar-refractivity contribution in [3.05, 3.63) is 0 Å². The lowest BCUT2D eigenvalue weighted by molar-refractivity contribution is 0.192. The molecule has 1 heterocycles. The van der Waals surface area contributed by atoms with Crippen LogP contribution in [0.1, 0.15) is 12.8 Å². The van der Waals surface area contributed by atoms with Crippen LogP contribution < -0.4 is 5.32 Å². The number of likely N-dealkylation sites (tertiary alicyclic amines) is 1. The van der Waals surface area contributed by atoms with Crippen LogP contribution in [0.5, 0.6) is 0 Å². The Labute approximate surface area is 75.3 Å². The van der Waals surface area contributed by atoms with Crippen LogP contribution in [0.3, 0.4) is 0 Å². The number of nitrogens with zero attached hydrogens (tertiary/aromatic N) is 1. The molecule has 1 saturated heterocycles. The molecule has 0 radical (unpaired) electrons. The third kappa shape index (κ3) is 2.84. The Balaban J connectivity index is 2.26. The highest BCUT2D eigenvalue weighted by Gasteiger charge is 2.17. The van der Waals surface area contributed by atoms with E-state index >= 15 is 0 Å². The highest BCUT2D eigenvalue weighted by Crippen LogP contribution is 2.14. The Morgan fingerprint density at radius 3 is 3.17 bits per heavy atom. The summed E-state index contributed by atoms with van der Waals surface area (Å²) in [7, 11) is 2.01. The second-order valence-electron chi connectivity index (χ2n) is 3.51. The first-order valence-corrected chi connectivity index (χ1v) is 4.67. The SMILES string of the molecule is C#CCN1CCCC(CNC)C1. The second-order valence-corrected chi connectivity index (χ2v) is 3.51. The molecule has 1 rings (SSSR count). The monoisotopic (exact) mass is 166 g/mol. The Hall–Kier alpha value is -0.520. The molecule has 1 aliphatic rings. The summed E-state index contributed by atoms with van der Waals surface area (Å²) < 4.78 is 0. The first-order chi connectivity index (χ1) is 5.86. The molecule has 68 valence electrons. The van der Waals surface area contributed by atoms with Gasteiger partial charge in [0.25, 0.3) is 0 Å². The molecule has 1 aliphatic heterocycles. The highest BCUT2D eigenvalue weighted by molar-refractivity contribution is 4.90. The zero-order valence-electron chi connectivity index (χ0n) is 7.84. The van der Waals surface area contributed by atoms with Crippen molar-refractivity contribution in [1.29, 1.82) is 0 Å². The maximum Gasteiger partial charge on any atom is 0.0599 e. The molecule has 1 unspecified atom stereocenters. The van der Waals surface area contributed by atoms with Crippen molar-refractivity contribution in [2.24, 2.45) is 5.92 Å². The Bertz CT molecular complexity index is 158. The number of nitrogens with one attached hydrogen (secondary N) is 1. The Morgan fingerprint density at radius 1 is 1.67 bits per heavy atom. The fraction of sp³-hybridized carbons (Fsp3) is 0.800. The summed E-state index contributed by atoms with van der Waals surface area (Å²) in [5.41, 5.74) is 0. The molecule has 2 heteroatoms. The summed E-state index contributed by atoms with van der Waals surface area (Å²) >= 11 is 0.